The molecule has 0 saturated heterocycles. The molecule has 148 valence electrons. The lowest BCUT2D eigenvalue weighted by Crippen LogP contribution is -2.34. The van der Waals surface area contributed by atoms with E-state index in [0.29, 0.717) is 15.6 Å². The Balaban J connectivity index is 1.75. The third-order valence-electron chi connectivity index (χ3n) is 3.67. The zero-order valence-corrected chi connectivity index (χ0v) is 17.9. The Labute approximate surface area is 180 Å². The number of hydrogen-bond donors (Lipinski definition) is 2. The number of amides is 2. The molecule has 0 aliphatic carbocycles. The molecule has 1 atom stereocenters. The van der Waals surface area contributed by atoms with Crippen LogP contribution in [0.15, 0.2) is 46.9 Å². The summed E-state index contributed by atoms with van der Waals surface area (Å²) in [6.07, 6.45) is 0. The van der Waals surface area contributed by atoms with Gasteiger partial charge in [0.05, 0.1) is 16.1 Å². The van der Waals surface area contributed by atoms with Gasteiger partial charge in [0.25, 0.3) is 11.8 Å². The minimum absolute atomic E-state index is 0.346. The minimum atomic E-state index is -0.722. The van der Waals surface area contributed by atoms with Crippen molar-refractivity contribution < 1.29 is 19.1 Å². The van der Waals surface area contributed by atoms with E-state index >= 15 is 0 Å². The molecule has 0 radical (unpaired) electrons. The van der Waals surface area contributed by atoms with Gasteiger partial charge in [-0.25, -0.2) is 0 Å². The summed E-state index contributed by atoms with van der Waals surface area (Å²) in [6.45, 7) is 0.954. The largest absolute Gasteiger partial charge is 0.454 e. The van der Waals surface area contributed by atoms with Crippen molar-refractivity contribution in [2.75, 3.05) is 13.2 Å². The quantitative estimate of drug-likeness (QED) is 0.580. The van der Waals surface area contributed by atoms with Crippen LogP contribution < -0.4 is 10.6 Å². The molecule has 0 spiro atoms. The zero-order valence-electron chi connectivity index (χ0n) is 14.8. The first-order valence-corrected chi connectivity index (χ1v) is 9.75. The third kappa shape index (κ3) is 6.82. The Kier molecular flexibility index (Phi) is 8.29. The number of ether oxygens (including phenoxy) is 1. The number of rotatable bonds is 7. The van der Waals surface area contributed by atoms with Gasteiger partial charge in [-0.05, 0) is 42.8 Å². The van der Waals surface area contributed by atoms with E-state index in [-0.39, 0.29) is 12.6 Å². The summed E-state index contributed by atoms with van der Waals surface area (Å²) >= 11 is 15.1. The molecule has 0 aliphatic heterocycles. The number of hydrogen-bond acceptors (Lipinski definition) is 4. The Morgan fingerprint density at radius 1 is 1.11 bits per heavy atom. The van der Waals surface area contributed by atoms with Crippen LogP contribution >= 0.6 is 39.1 Å². The standard InChI is InChI=1S/C19H17BrCl2N2O4/c1-11(12-5-6-15(21)16(22)8-12)24-17(25)10-28-18(26)9-23-19(27)13-3-2-4-14(20)7-13/h2-8,11H,9-10H2,1H3,(H,23,27)(H,24,25). The summed E-state index contributed by atoms with van der Waals surface area (Å²) in [5.41, 5.74) is 1.16. The average molecular weight is 488 g/mol. The van der Waals surface area contributed by atoms with Crippen LogP contribution in [0.5, 0.6) is 0 Å². The van der Waals surface area contributed by atoms with Crippen molar-refractivity contribution in [2.45, 2.75) is 13.0 Å². The van der Waals surface area contributed by atoms with Crippen LogP contribution in [-0.4, -0.2) is 30.9 Å². The summed E-state index contributed by atoms with van der Waals surface area (Å²) in [7, 11) is 0. The van der Waals surface area contributed by atoms with E-state index in [1.54, 1.807) is 49.4 Å². The molecule has 2 rings (SSSR count). The van der Waals surface area contributed by atoms with Crippen LogP contribution in [0.2, 0.25) is 10.0 Å². The molecule has 0 bridgehead atoms. The first-order chi connectivity index (χ1) is 13.3. The second-order valence-electron chi connectivity index (χ2n) is 5.82. The SMILES string of the molecule is CC(NC(=O)COC(=O)CNC(=O)c1cccc(Br)c1)c1ccc(Cl)c(Cl)c1. The maximum absolute atomic E-state index is 12.0. The summed E-state index contributed by atoms with van der Waals surface area (Å²) in [5.74, 6) is -1.62. The van der Waals surface area contributed by atoms with Crippen molar-refractivity contribution >= 4 is 56.9 Å². The lowest BCUT2D eigenvalue weighted by molar-refractivity contribution is -0.147. The van der Waals surface area contributed by atoms with Gasteiger partial charge >= 0.3 is 5.97 Å². The Hall–Kier alpha value is -2.09. The van der Waals surface area contributed by atoms with E-state index in [0.717, 1.165) is 10.0 Å². The van der Waals surface area contributed by atoms with Crippen molar-refractivity contribution in [1.29, 1.82) is 0 Å². The molecule has 2 amide bonds. The van der Waals surface area contributed by atoms with E-state index in [4.69, 9.17) is 27.9 Å². The van der Waals surface area contributed by atoms with Crippen LogP contribution in [-0.2, 0) is 14.3 Å². The summed E-state index contributed by atoms with van der Waals surface area (Å²) in [4.78, 5) is 35.6. The number of benzene rings is 2. The predicted molar refractivity (Wildman–Crippen MR) is 110 cm³/mol. The first-order valence-electron chi connectivity index (χ1n) is 8.20. The molecule has 0 aliphatic rings. The van der Waals surface area contributed by atoms with Crippen molar-refractivity contribution in [1.82, 2.24) is 10.6 Å². The molecule has 2 N–H and O–H groups in total. The van der Waals surface area contributed by atoms with Crippen LogP contribution in [0, 0.1) is 0 Å². The molecule has 2 aromatic carbocycles. The second kappa shape index (κ2) is 10.5. The van der Waals surface area contributed by atoms with Gasteiger partial charge in [-0.2, -0.15) is 0 Å². The van der Waals surface area contributed by atoms with Crippen molar-refractivity contribution in [3.8, 4) is 0 Å². The smallest absolute Gasteiger partial charge is 0.325 e. The zero-order chi connectivity index (χ0) is 20.7. The van der Waals surface area contributed by atoms with Gasteiger partial charge in [-0.3, -0.25) is 14.4 Å². The van der Waals surface area contributed by atoms with Crippen LogP contribution in [0.1, 0.15) is 28.9 Å². The monoisotopic (exact) mass is 486 g/mol. The molecular weight excluding hydrogens is 471 g/mol. The topological polar surface area (TPSA) is 84.5 Å². The molecule has 6 nitrogen and oxygen atoms in total. The third-order valence-corrected chi connectivity index (χ3v) is 4.90. The average Bonchev–Trinajstić information content (AvgIpc) is 2.66. The van der Waals surface area contributed by atoms with Gasteiger partial charge in [-0.15, -0.1) is 0 Å². The predicted octanol–water partition coefficient (Wildman–Crippen LogP) is 3.91. The number of carbonyl (C=O) groups is 3. The highest BCUT2D eigenvalue weighted by atomic mass is 79.9. The van der Waals surface area contributed by atoms with E-state index in [2.05, 4.69) is 26.6 Å². The van der Waals surface area contributed by atoms with Crippen LogP contribution in [0.4, 0.5) is 0 Å². The van der Waals surface area contributed by atoms with Gasteiger partial charge in [0.2, 0.25) is 0 Å². The Morgan fingerprint density at radius 3 is 2.54 bits per heavy atom. The molecule has 28 heavy (non-hydrogen) atoms. The maximum Gasteiger partial charge on any atom is 0.325 e. The summed E-state index contributed by atoms with van der Waals surface area (Å²) < 4.78 is 5.62. The normalized spacial score (nSPS) is 11.4. The fourth-order valence-corrected chi connectivity index (χ4v) is 2.94. The second-order valence-corrected chi connectivity index (χ2v) is 7.55. The van der Waals surface area contributed by atoms with Crippen molar-refractivity contribution in [3.05, 3.63) is 68.1 Å². The van der Waals surface area contributed by atoms with Crippen LogP contribution in [0.25, 0.3) is 0 Å². The molecule has 0 fully saturated rings. The maximum atomic E-state index is 12.0. The first kappa shape index (κ1) is 22.2. The van der Waals surface area contributed by atoms with Gasteiger partial charge < -0.3 is 15.4 Å². The number of esters is 1. The Morgan fingerprint density at radius 2 is 1.86 bits per heavy atom. The lowest BCUT2D eigenvalue weighted by atomic mass is 10.1. The molecule has 2 aromatic rings. The fourth-order valence-electron chi connectivity index (χ4n) is 2.23. The molecular formula is C19H17BrCl2N2O4. The number of carbonyl (C=O) groups excluding carboxylic acids is 3. The molecule has 9 heteroatoms. The summed E-state index contributed by atoms with van der Waals surface area (Å²) in [6, 6.07) is 11.4. The van der Waals surface area contributed by atoms with E-state index in [1.807, 2.05) is 0 Å². The van der Waals surface area contributed by atoms with E-state index in [9.17, 15) is 14.4 Å². The lowest BCUT2D eigenvalue weighted by Gasteiger charge is -2.15. The highest BCUT2D eigenvalue weighted by molar-refractivity contribution is 9.10. The van der Waals surface area contributed by atoms with Gasteiger partial charge in [0.15, 0.2) is 6.61 Å². The molecule has 1 unspecified atom stereocenters. The number of halogens is 3. The van der Waals surface area contributed by atoms with Crippen molar-refractivity contribution in [2.24, 2.45) is 0 Å². The van der Waals surface area contributed by atoms with E-state index < -0.39 is 24.4 Å². The fraction of sp³-hybridized carbons (Fsp3) is 0.211. The Bertz CT molecular complexity index is 892. The van der Waals surface area contributed by atoms with Crippen LogP contribution in [0.3, 0.4) is 0 Å². The minimum Gasteiger partial charge on any atom is -0.454 e. The highest BCUT2D eigenvalue weighted by Gasteiger charge is 2.14. The van der Waals surface area contributed by atoms with E-state index in [1.165, 1.54) is 0 Å². The molecule has 0 saturated carbocycles. The molecule has 0 aromatic heterocycles. The molecule has 0 heterocycles. The van der Waals surface area contributed by atoms with Crippen molar-refractivity contribution in [3.63, 3.8) is 0 Å². The van der Waals surface area contributed by atoms with Gasteiger partial charge in [0.1, 0.15) is 6.54 Å². The number of nitrogens with one attached hydrogen (secondary N) is 2. The van der Waals surface area contributed by atoms with Gasteiger partial charge in [-0.1, -0.05) is 51.3 Å². The highest BCUT2D eigenvalue weighted by Crippen LogP contribution is 2.25. The summed E-state index contributed by atoms with van der Waals surface area (Å²) in [5, 5.41) is 5.92. The van der Waals surface area contributed by atoms with Gasteiger partial charge in [0, 0.05) is 10.0 Å².